The maximum Gasteiger partial charge on any atom is 0.132 e. The van der Waals surface area contributed by atoms with Gasteiger partial charge in [0.25, 0.3) is 0 Å². The first-order valence-corrected chi connectivity index (χ1v) is 11.3. The molecule has 0 aliphatic heterocycles. The van der Waals surface area contributed by atoms with Crippen LogP contribution >= 0.6 is 0 Å². The average molecular weight is 255 g/mol. The van der Waals surface area contributed by atoms with Gasteiger partial charge in [-0.15, -0.1) is 0 Å². The van der Waals surface area contributed by atoms with E-state index in [4.69, 9.17) is 4.74 Å². The predicted octanol–water partition coefficient (Wildman–Crippen LogP) is 3.32. The second-order valence-electron chi connectivity index (χ2n) is 5.48. The van der Waals surface area contributed by atoms with Crippen molar-refractivity contribution in [2.24, 2.45) is 0 Å². The molecule has 0 saturated carbocycles. The minimum atomic E-state index is -0.904. The summed E-state index contributed by atoms with van der Waals surface area (Å²) in [4.78, 5) is 0. The summed E-state index contributed by atoms with van der Waals surface area (Å²) in [6, 6.07) is 8.49. The van der Waals surface area contributed by atoms with Crippen molar-refractivity contribution in [1.29, 1.82) is 0 Å². The zero-order valence-corrected chi connectivity index (χ0v) is 12.9. The number of benzene rings is 1. The van der Waals surface area contributed by atoms with Crippen molar-refractivity contribution in [3.8, 4) is 5.75 Å². The molecule has 0 N–H and O–H groups in total. The quantitative estimate of drug-likeness (QED) is 0.579. The third-order valence-electron chi connectivity index (χ3n) is 2.25. The lowest BCUT2D eigenvalue weighted by Gasteiger charge is -2.14. The van der Waals surface area contributed by atoms with E-state index in [-0.39, 0.29) is 0 Å². The highest BCUT2D eigenvalue weighted by Crippen LogP contribution is 2.16. The second-order valence-corrected chi connectivity index (χ2v) is 13.6. The van der Waals surface area contributed by atoms with Crippen molar-refractivity contribution in [3.63, 3.8) is 0 Å². The van der Waals surface area contributed by atoms with Crippen LogP contribution in [0, 0.1) is 0 Å². The van der Waals surface area contributed by atoms with Crippen LogP contribution in [0.1, 0.15) is 5.56 Å². The summed E-state index contributed by atoms with van der Waals surface area (Å²) in [7, 11) is 1.33. The number of ether oxygens (including phenoxy) is 1. The van der Waals surface area contributed by atoms with E-state index in [0.29, 0.717) is 10.9 Å². The molecule has 0 radical (unpaired) electrons. The molecule has 16 heavy (non-hydrogen) atoms. The van der Waals surface area contributed by atoms with Gasteiger partial charge >= 0.3 is 0 Å². The van der Waals surface area contributed by atoms with Crippen LogP contribution in [0.4, 0.5) is 0 Å². The maximum atomic E-state index is 5.16. The number of hydrogen-bond acceptors (Lipinski definition) is 1. The molecule has 0 amide bonds. The Hall–Kier alpha value is -0.413. The van der Waals surface area contributed by atoms with Gasteiger partial charge in [-0.25, -0.2) is 0 Å². The van der Waals surface area contributed by atoms with E-state index in [0.717, 1.165) is 5.75 Å². The normalized spacial score (nSPS) is 13.6. The van der Waals surface area contributed by atoms with Gasteiger partial charge in [0.2, 0.25) is 0 Å². The molecule has 90 valence electrons. The Morgan fingerprint density at radius 2 is 1.69 bits per heavy atom. The molecular formula is C13H23OSSi+. The molecule has 0 aliphatic carbocycles. The second kappa shape index (κ2) is 5.78. The van der Waals surface area contributed by atoms with Crippen molar-refractivity contribution in [3.05, 3.63) is 29.8 Å². The summed E-state index contributed by atoms with van der Waals surface area (Å²) in [6.07, 6.45) is 2.39. The molecule has 1 rings (SSSR count). The molecule has 1 unspecified atom stereocenters. The summed E-state index contributed by atoms with van der Waals surface area (Å²) < 4.78 is 5.16. The Balaban J connectivity index is 2.53. The zero-order chi connectivity index (χ0) is 12.2. The first kappa shape index (κ1) is 13.7. The van der Waals surface area contributed by atoms with Crippen LogP contribution in [0.3, 0.4) is 0 Å². The van der Waals surface area contributed by atoms with Crippen LogP contribution < -0.4 is 4.74 Å². The molecule has 1 atom stereocenters. The largest absolute Gasteiger partial charge is 0.497 e. The third-order valence-corrected chi connectivity index (χ3v) is 8.51. The van der Waals surface area contributed by atoms with Crippen molar-refractivity contribution >= 4 is 19.0 Å². The smallest absolute Gasteiger partial charge is 0.132 e. The number of methoxy groups -OCH3 is 1. The first-order chi connectivity index (χ1) is 7.40. The van der Waals surface area contributed by atoms with Gasteiger partial charge in [0, 0.05) is 5.56 Å². The van der Waals surface area contributed by atoms with Crippen LogP contribution in [-0.2, 0) is 16.6 Å². The summed E-state index contributed by atoms with van der Waals surface area (Å²) >= 11 is 0. The van der Waals surface area contributed by atoms with Crippen LogP contribution in [0.25, 0.3) is 0 Å². The third kappa shape index (κ3) is 5.08. The van der Waals surface area contributed by atoms with Crippen LogP contribution in [0.15, 0.2) is 24.3 Å². The molecule has 0 saturated heterocycles. The molecule has 1 nitrogen and oxygen atoms in total. The average Bonchev–Trinajstić information content (AvgIpc) is 2.16. The highest BCUT2D eigenvalue weighted by molar-refractivity contribution is 7.97. The van der Waals surface area contributed by atoms with E-state index >= 15 is 0 Å². The van der Waals surface area contributed by atoms with E-state index < -0.39 is 8.07 Å². The fourth-order valence-corrected chi connectivity index (χ4v) is 8.88. The fraction of sp³-hybridized carbons (Fsp3) is 0.538. The monoisotopic (exact) mass is 255 g/mol. The van der Waals surface area contributed by atoms with E-state index in [1.807, 2.05) is 0 Å². The molecular weight excluding hydrogens is 232 g/mol. The van der Waals surface area contributed by atoms with Crippen LogP contribution in [0.5, 0.6) is 5.75 Å². The Morgan fingerprint density at radius 1 is 1.12 bits per heavy atom. The van der Waals surface area contributed by atoms with E-state index in [2.05, 4.69) is 50.2 Å². The van der Waals surface area contributed by atoms with Crippen molar-refractivity contribution in [2.75, 3.05) is 18.7 Å². The van der Waals surface area contributed by atoms with Crippen LogP contribution in [-0.4, -0.2) is 26.8 Å². The van der Waals surface area contributed by atoms with Gasteiger partial charge in [0.05, 0.1) is 18.7 Å². The van der Waals surface area contributed by atoms with Gasteiger partial charge in [0.1, 0.15) is 19.6 Å². The molecule has 0 aromatic heterocycles. The van der Waals surface area contributed by atoms with Crippen molar-refractivity contribution in [2.45, 2.75) is 25.4 Å². The summed E-state index contributed by atoms with van der Waals surface area (Å²) in [5.41, 5.74) is 1.44. The zero-order valence-electron chi connectivity index (χ0n) is 11.0. The van der Waals surface area contributed by atoms with Crippen LogP contribution in [0.2, 0.25) is 19.6 Å². The summed E-state index contributed by atoms with van der Waals surface area (Å²) in [5.74, 6) is 2.17. The maximum absolute atomic E-state index is 5.16. The van der Waals surface area contributed by atoms with Gasteiger partial charge in [-0.05, 0) is 23.0 Å². The molecule has 3 heteroatoms. The molecule has 0 spiro atoms. The van der Waals surface area contributed by atoms with Crippen molar-refractivity contribution in [1.82, 2.24) is 0 Å². The highest BCUT2D eigenvalue weighted by Gasteiger charge is 2.24. The molecule has 0 aliphatic rings. The minimum Gasteiger partial charge on any atom is -0.497 e. The fourth-order valence-electron chi connectivity index (χ4n) is 1.80. The molecule has 0 bridgehead atoms. The molecule has 0 heterocycles. The topological polar surface area (TPSA) is 9.23 Å². The Kier molecular flexibility index (Phi) is 4.93. The summed E-state index contributed by atoms with van der Waals surface area (Å²) in [5, 5.41) is 1.43. The lowest BCUT2D eigenvalue weighted by Crippen LogP contribution is -2.32. The van der Waals surface area contributed by atoms with Gasteiger partial charge in [-0.3, -0.25) is 0 Å². The minimum absolute atomic E-state index is 0.522. The van der Waals surface area contributed by atoms with Gasteiger partial charge < -0.3 is 4.74 Å². The van der Waals surface area contributed by atoms with Gasteiger partial charge in [-0.1, -0.05) is 31.8 Å². The predicted molar refractivity (Wildman–Crippen MR) is 78.2 cm³/mol. The lowest BCUT2D eigenvalue weighted by molar-refractivity contribution is 0.414. The van der Waals surface area contributed by atoms with Gasteiger partial charge in [0.15, 0.2) is 0 Å². The highest BCUT2D eigenvalue weighted by atomic mass is 32.2. The Labute approximate surface area is 104 Å². The molecule has 1 aromatic rings. The molecule has 1 aromatic carbocycles. The lowest BCUT2D eigenvalue weighted by atomic mass is 10.2. The number of hydrogen-bond donors (Lipinski definition) is 0. The summed E-state index contributed by atoms with van der Waals surface area (Å²) in [6.45, 7) is 7.35. The van der Waals surface area contributed by atoms with E-state index in [1.54, 1.807) is 7.11 Å². The van der Waals surface area contributed by atoms with Gasteiger partial charge in [-0.2, -0.15) is 0 Å². The number of rotatable bonds is 5. The SMILES string of the molecule is COc1ccc(C[S+](C)C[Si](C)(C)C)cc1. The Bertz CT molecular complexity index is 316. The van der Waals surface area contributed by atoms with E-state index in [9.17, 15) is 0 Å². The first-order valence-electron chi connectivity index (χ1n) is 5.63. The Morgan fingerprint density at radius 3 is 2.12 bits per heavy atom. The van der Waals surface area contributed by atoms with Crippen molar-refractivity contribution < 1.29 is 4.74 Å². The van der Waals surface area contributed by atoms with E-state index in [1.165, 1.54) is 16.7 Å². The standard InChI is InChI=1S/C13H23OSSi/c1-14-13-8-6-12(7-9-13)10-15(2)11-16(3,4)5/h6-9H,10-11H2,1-5H3/q+1. The molecule has 0 fully saturated rings.